The quantitative estimate of drug-likeness (QED) is 0.613. The highest BCUT2D eigenvalue weighted by Gasteiger charge is 2.00. The molecule has 1 aromatic rings. The van der Waals surface area contributed by atoms with Gasteiger partial charge in [-0.05, 0) is 36.3 Å². The Hall–Kier alpha value is -0.600. The van der Waals surface area contributed by atoms with E-state index in [0.29, 0.717) is 12.4 Å². The van der Waals surface area contributed by atoms with Crippen LogP contribution in [-0.4, -0.2) is 12.4 Å². The molecule has 0 aliphatic rings. The third-order valence-corrected chi connectivity index (χ3v) is 2.47. The molecule has 0 aromatic heterocycles. The van der Waals surface area contributed by atoms with Crippen molar-refractivity contribution >= 4 is 24.2 Å². The number of aryl methyl sites for hydroxylation is 1. The fourth-order valence-corrected chi connectivity index (χ4v) is 1.32. The predicted molar refractivity (Wildman–Crippen MR) is 64.7 cm³/mol. The van der Waals surface area contributed by atoms with Crippen LogP contribution >= 0.6 is 24.2 Å². The number of halogens is 1. The Kier molecular flexibility index (Phi) is 4.36. The number of benzene rings is 1. The van der Waals surface area contributed by atoms with Gasteiger partial charge in [0.2, 0.25) is 0 Å². The van der Waals surface area contributed by atoms with Crippen LogP contribution < -0.4 is 4.74 Å². The minimum atomic E-state index is 0.506. The summed E-state index contributed by atoms with van der Waals surface area (Å²) in [5.74, 6) is 1.49. The molecule has 0 bridgehead atoms. The zero-order chi connectivity index (χ0) is 10.6. The van der Waals surface area contributed by atoms with Crippen molar-refractivity contribution in [1.29, 1.82) is 0 Å². The number of hydrogen-bond donors (Lipinski definition) is 1. The van der Waals surface area contributed by atoms with Crippen LogP contribution in [0.5, 0.6) is 5.75 Å². The summed E-state index contributed by atoms with van der Waals surface area (Å²) in [5, 5.41) is 0.725. The first-order chi connectivity index (χ1) is 6.63. The van der Waals surface area contributed by atoms with Crippen LogP contribution in [0.3, 0.4) is 0 Å². The maximum atomic E-state index is 5.82. The molecule has 1 rings (SSSR count). The van der Waals surface area contributed by atoms with Gasteiger partial charge >= 0.3 is 0 Å². The Morgan fingerprint density at radius 3 is 2.86 bits per heavy atom. The van der Waals surface area contributed by atoms with Crippen molar-refractivity contribution in [3.8, 4) is 5.75 Å². The van der Waals surface area contributed by atoms with E-state index < -0.39 is 0 Å². The van der Waals surface area contributed by atoms with Crippen molar-refractivity contribution in [2.75, 3.05) is 12.4 Å². The molecular formula is C11H13ClOS. The Balaban J connectivity index is 2.63. The molecule has 0 amide bonds. The number of hydrogen-bond acceptors (Lipinski definition) is 2. The molecule has 0 N–H and O–H groups in total. The van der Waals surface area contributed by atoms with Gasteiger partial charge in [-0.1, -0.05) is 18.2 Å². The Labute approximate surface area is 95.1 Å². The second-order valence-electron chi connectivity index (χ2n) is 3.11. The van der Waals surface area contributed by atoms with Gasteiger partial charge in [-0.2, -0.15) is 12.6 Å². The largest absolute Gasteiger partial charge is 0.489 e. The van der Waals surface area contributed by atoms with Gasteiger partial charge in [-0.15, -0.1) is 0 Å². The van der Waals surface area contributed by atoms with Crippen molar-refractivity contribution in [3.63, 3.8) is 0 Å². The lowest BCUT2D eigenvalue weighted by Crippen LogP contribution is -2.02. The van der Waals surface area contributed by atoms with E-state index in [2.05, 4.69) is 19.2 Å². The Bertz CT molecular complexity index is 336. The summed E-state index contributed by atoms with van der Waals surface area (Å²) in [5.41, 5.74) is 1.99. The Morgan fingerprint density at radius 2 is 2.29 bits per heavy atom. The fourth-order valence-electron chi connectivity index (χ4n) is 1.00. The van der Waals surface area contributed by atoms with E-state index in [1.54, 1.807) is 0 Å². The summed E-state index contributed by atoms with van der Waals surface area (Å²) < 4.78 is 5.54. The van der Waals surface area contributed by atoms with E-state index >= 15 is 0 Å². The standard InChI is InChI=1S/C11H13ClOS/c1-8(7-14)6-13-11-4-3-10(12)5-9(11)2/h3-5,14H,1,6-7H2,2H3. The molecule has 0 atom stereocenters. The number of rotatable bonds is 4. The van der Waals surface area contributed by atoms with Gasteiger partial charge in [0.05, 0.1) is 0 Å². The van der Waals surface area contributed by atoms with Gasteiger partial charge in [-0.3, -0.25) is 0 Å². The van der Waals surface area contributed by atoms with Crippen LogP contribution in [0.4, 0.5) is 0 Å². The molecule has 0 radical (unpaired) electrons. The topological polar surface area (TPSA) is 9.23 Å². The zero-order valence-corrected chi connectivity index (χ0v) is 9.74. The molecule has 0 saturated carbocycles. The summed E-state index contributed by atoms with van der Waals surface area (Å²) in [6.45, 7) is 6.28. The number of thiol groups is 1. The van der Waals surface area contributed by atoms with Gasteiger partial charge in [0.25, 0.3) is 0 Å². The van der Waals surface area contributed by atoms with Gasteiger partial charge in [0.15, 0.2) is 0 Å². The third-order valence-electron chi connectivity index (χ3n) is 1.79. The zero-order valence-electron chi connectivity index (χ0n) is 8.09. The maximum Gasteiger partial charge on any atom is 0.122 e. The monoisotopic (exact) mass is 228 g/mol. The van der Waals surface area contributed by atoms with Crippen molar-refractivity contribution in [2.24, 2.45) is 0 Å². The summed E-state index contributed by atoms with van der Waals surface area (Å²) in [6, 6.07) is 5.55. The van der Waals surface area contributed by atoms with E-state index in [0.717, 1.165) is 21.9 Å². The molecule has 14 heavy (non-hydrogen) atoms. The minimum absolute atomic E-state index is 0.506. The molecule has 0 unspecified atom stereocenters. The first kappa shape index (κ1) is 11.5. The SMILES string of the molecule is C=C(CS)COc1ccc(Cl)cc1C. The summed E-state index contributed by atoms with van der Waals surface area (Å²) >= 11 is 9.93. The van der Waals surface area contributed by atoms with Crippen LogP contribution in [0.15, 0.2) is 30.4 Å². The Morgan fingerprint density at radius 1 is 1.57 bits per heavy atom. The lowest BCUT2D eigenvalue weighted by atomic mass is 10.2. The van der Waals surface area contributed by atoms with Gasteiger partial charge in [0.1, 0.15) is 12.4 Å². The van der Waals surface area contributed by atoms with Crippen molar-refractivity contribution in [3.05, 3.63) is 40.9 Å². The minimum Gasteiger partial charge on any atom is -0.489 e. The molecule has 1 nitrogen and oxygen atoms in total. The van der Waals surface area contributed by atoms with Crippen LogP contribution in [0.25, 0.3) is 0 Å². The third kappa shape index (κ3) is 3.28. The van der Waals surface area contributed by atoms with Crippen molar-refractivity contribution < 1.29 is 4.74 Å². The average Bonchev–Trinajstić information content (AvgIpc) is 2.16. The van der Waals surface area contributed by atoms with Gasteiger partial charge < -0.3 is 4.74 Å². The molecule has 0 fully saturated rings. The molecule has 0 aliphatic heterocycles. The molecule has 0 spiro atoms. The predicted octanol–water partition coefficient (Wildman–Crippen LogP) is 3.51. The molecule has 1 aromatic carbocycles. The first-order valence-corrected chi connectivity index (χ1v) is 5.31. The van der Waals surface area contributed by atoms with E-state index in [4.69, 9.17) is 16.3 Å². The molecule has 3 heteroatoms. The lowest BCUT2D eigenvalue weighted by molar-refractivity contribution is 0.351. The fraction of sp³-hybridized carbons (Fsp3) is 0.273. The van der Waals surface area contributed by atoms with Crippen LogP contribution in [0, 0.1) is 6.92 Å². The van der Waals surface area contributed by atoms with E-state index in [1.807, 2.05) is 25.1 Å². The van der Waals surface area contributed by atoms with Crippen molar-refractivity contribution in [1.82, 2.24) is 0 Å². The lowest BCUT2D eigenvalue weighted by Gasteiger charge is -2.09. The van der Waals surface area contributed by atoms with E-state index in [9.17, 15) is 0 Å². The van der Waals surface area contributed by atoms with Crippen molar-refractivity contribution in [2.45, 2.75) is 6.92 Å². The highest BCUT2D eigenvalue weighted by molar-refractivity contribution is 7.80. The summed E-state index contributed by atoms with van der Waals surface area (Å²) in [7, 11) is 0. The smallest absolute Gasteiger partial charge is 0.122 e. The highest BCUT2D eigenvalue weighted by atomic mass is 35.5. The van der Waals surface area contributed by atoms with E-state index in [-0.39, 0.29) is 0 Å². The van der Waals surface area contributed by atoms with Gasteiger partial charge in [-0.25, -0.2) is 0 Å². The van der Waals surface area contributed by atoms with E-state index in [1.165, 1.54) is 0 Å². The molecular weight excluding hydrogens is 216 g/mol. The van der Waals surface area contributed by atoms with Crippen LogP contribution in [0.1, 0.15) is 5.56 Å². The normalized spacial score (nSPS) is 9.93. The van der Waals surface area contributed by atoms with Crippen LogP contribution in [-0.2, 0) is 0 Å². The second-order valence-corrected chi connectivity index (χ2v) is 3.86. The summed E-state index contributed by atoms with van der Waals surface area (Å²) in [4.78, 5) is 0. The molecule has 0 saturated heterocycles. The average molecular weight is 229 g/mol. The molecule has 76 valence electrons. The maximum absolute atomic E-state index is 5.82. The molecule has 0 heterocycles. The summed E-state index contributed by atoms with van der Waals surface area (Å²) in [6.07, 6.45) is 0. The first-order valence-electron chi connectivity index (χ1n) is 4.30. The highest BCUT2D eigenvalue weighted by Crippen LogP contribution is 2.22. The van der Waals surface area contributed by atoms with Gasteiger partial charge in [0, 0.05) is 10.8 Å². The second kappa shape index (κ2) is 5.32. The van der Waals surface area contributed by atoms with Crippen LogP contribution in [0.2, 0.25) is 5.02 Å². The molecule has 0 aliphatic carbocycles. The number of ether oxygens (including phenoxy) is 1.